The van der Waals surface area contributed by atoms with E-state index in [-0.39, 0.29) is 12.2 Å². The lowest BCUT2D eigenvalue weighted by molar-refractivity contribution is -0.140. The predicted octanol–water partition coefficient (Wildman–Crippen LogP) is 2.75. The molecule has 19 heavy (non-hydrogen) atoms. The summed E-state index contributed by atoms with van der Waals surface area (Å²) in [5.41, 5.74) is 1.13. The molecule has 0 radical (unpaired) electrons. The van der Waals surface area contributed by atoms with Gasteiger partial charge in [-0.3, -0.25) is 0 Å². The average molecular weight is 260 g/mol. The van der Waals surface area contributed by atoms with Gasteiger partial charge in [-0.1, -0.05) is 36.4 Å². The normalized spacial score (nSPS) is 11.4. The molecule has 0 aromatic heterocycles. The zero-order valence-electron chi connectivity index (χ0n) is 11.0. The number of allylic oxidation sites excluding steroid dienone is 1. The van der Waals surface area contributed by atoms with E-state index in [0.717, 1.165) is 11.8 Å². The minimum Gasteiger partial charge on any atom is -0.457 e. The summed E-state index contributed by atoms with van der Waals surface area (Å²) in [5, 5.41) is 0. The van der Waals surface area contributed by atoms with Crippen molar-refractivity contribution in [3.63, 3.8) is 0 Å². The van der Waals surface area contributed by atoms with Gasteiger partial charge in [0.1, 0.15) is 12.9 Å². The number of rotatable bonds is 5. The summed E-state index contributed by atoms with van der Waals surface area (Å²) in [5.74, 6) is -1.05. The largest absolute Gasteiger partial charge is 0.457 e. The summed E-state index contributed by atoms with van der Waals surface area (Å²) in [6.45, 7) is 3.41. The molecule has 1 aromatic rings. The highest BCUT2D eigenvalue weighted by Gasteiger charge is 2.07. The van der Waals surface area contributed by atoms with Gasteiger partial charge in [0, 0.05) is 6.08 Å². The van der Waals surface area contributed by atoms with Crippen LogP contribution in [-0.4, -0.2) is 11.9 Å². The Labute approximate surface area is 112 Å². The summed E-state index contributed by atoms with van der Waals surface area (Å²) in [4.78, 5) is 22.6. The van der Waals surface area contributed by atoms with Crippen LogP contribution in [0.15, 0.2) is 54.3 Å². The van der Waals surface area contributed by atoms with Gasteiger partial charge in [0.2, 0.25) is 0 Å². The SMILES string of the molecule is CC=CC(=O)OC=C(C)C(=O)OCc1ccccc1. The van der Waals surface area contributed by atoms with Crippen molar-refractivity contribution in [1.82, 2.24) is 0 Å². The first-order valence-electron chi connectivity index (χ1n) is 5.84. The second kappa shape index (κ2) is 7.87. The van der Waals surface area contributed by atoms with Gasteiger partial charge in [-0.25, -0.2) is 9.59 Å². The van der Waals surface area contributed by atoms with E-state index < -0.39 is 11.9 Å². The zero-order valence-corrected chi connectivity index (χ0v) is 11.0. The van der Waals surface area contributed by atoms with E-state index >= 15 is 0 Å². The number of hydrogen-bond donors (Lipinski definition) is 0. The third-order valence-corrected chi connectivity index (χ3v) is 2.19. The number of ether oxygens (including phenoxy) is 2. The van der Waals surface area contributed by atoms with Gasteiger partial charge in [-0.2, -0.15) is 0 Å². The molecule has 0 bridgehead atoms. The van der Waals surface area contributed by atoms with Crippen LogP contribution in [0.1, 0.15) is 19.4 Å². The molecule has 0 saturated heterocycles. The van der Waals surface area contributed by atoms with Crippen LogP contribution in [0.2, 0.25) is 0 Å². The Morgan fingerprint density at radius 2 is 1.89 bits per heavy atom. The summed E-state index contributed by atoms with van der Waals surface area (Å²) in [7, 11) is 0. The molecule has 0 spiro atoms. The summed E-state index contributed by atoms with van der Waals surface area (Å²) >= 11 is 0. The first-order valence-corrected chi connectivity index (χ1v) is 5.84. The van der Waals surface area contributed by atoms with Gasteiger partial charge in [0.05, 0.1) is 5.57 Å². The van der Waals surface area contributed by atoms with Crippen molar-refractivity contribution in [3.05, 3.63) is 59.9 Å². The fourth-order valence-electron chi connectivity index (χ4n) is 1.21. The topological polar surface area (TPSA) is 52.6 Å². The fraction of sp³-hybridized carbons (Fsp3) is 0.200. The van der Waals surface area contributed by atoms with Crippen LogP contribution in [0.3, 0.4) is 0 Å². The molecule has 0 aliphatic rings. The third-order valence-electron chi connectivity index (χ3n) is 2.19. The predicted molar refractivity (Wildman–Crippen MR) is 70.9 cm³/mol. The van der Waals surface area contributed by atoms with E-state index in [2.05, 4.69) is 0 Å². The van der Waals surface area contributed by atoms with Gasteiger partial charge < -0.3 is 9.47 Å². The highest BCUT2D eigenvalue weighted by Crippen LogP contribution is 2.04. The standard InChI is InChI=1S/C15H16O4/c1-3-7-14(16)18-10-12(2)15(17)19-11-13-8-5-4-6-9-13/h3-10H,11H2,1-2H3. The van der Waals surface area contributed by atoms with Crippen molar-refractivity contribution in [1.29, 1.82) is 0 Å². The fourth-order valence-corrected chi connectivity index (χ4v) is 1.21. The molecule has 100 valence electrons. The number of esters is 2. The Hall–Kier alpha value is -2.36. The average Bonchev–Trinajstić information content (AvgIpc) is 2.43. The Bertz CT molecular complexity index is 486. The maximum absolute atomic E-state index is 11.6. The van der Waals surface area contributed by atoms with Crippen LogP contribution < -0.4 is 0 Å². The van der Waals surface area contributed by atoms with E-state index in [4.69, 9.17) is 9.47 Å². The lowest BCUT2D eigenvalue weighted by Gasteiger charge is -2.04. The molecular formula is C15H16O4. The first kappa shape index (κ1) is 14.7. The second-order valence-corrected chi connectivity index (χ2v) is 3.80. The molecule has 0 atom stereocenters. The van der Waals surface area contributed by atoms with Crippen LogP contribution in [-0.2, 0) is 25.7 Å². The van der Waals surface area contributed by atoms with Crippen molar-refractivity contribution < 1.29 is 19.1 Å². The lowest BCUT2D eigenvalue weighted by Crippen LogP contribution is -2.07. The van der Waals surface area contributed by atoms with Gasteiger partial charge in [0.25, 0.3) is 0 Å². The smallest absolute Gasteiger partial charge is 0.337 e. The number of carbonyl (C=O) groups is 2. The Kier molecular flexibility index (Phi) is 6.09. The van der Waals surface area contributed by atoms with Crippen LogP contribution in [0.25, 0.3) is 0 Å². The molecule has 0 fully saturated rings. The molecule has 0 saturated carbocycles. The molecule has 4 nitrogen and oxygen atoms in total. The van der Waals surface area contributed by atoms with Crippen molar-refractivity contribution in [2.45, 2.75) is 20.5 Å². The summed E-state index contributed by atoms with van der Waals surface area (Å²) < 4.78 is 9.79. The van der Waals surface area contributed by atoms with E-state index in [1.165, 1.54) is 13.0 Å². The minimum atomic E-state index is -0.530. The number of benzene rings is 1. The monoisotopic (exact) mass is 260 g/mol. The molecular weight excluding hydrogens is 244 g/mol. The Morgan fingerprint density at radius 1 is 1.21 bits per heavy atom. The second-order valence-electron chi connectivity index (χ2n) is 3.80. The molecule has 1 aromatic carbocycles. The van der Waals surface area contributed by atoms with Crippen molar-refractivity contribution in [3.8, 4) is 0 Å². The molecule has 0 heterocycles. The number of carbonyl (C=O) groups excluding carboxylic acids is 2. The molecule has 0 aliphatic carbocycles. The molecule has 1 rings (SSSR count). The van der Waals surface area contributed by atoms with Crippen LogP contribution in [0.5, 0.6) is 0 Å². The van der Waals surface area contributed by atoms with Gasteiger partial charge in [0.15, 0.2) is 0 Å². The quantitative estimate of drug-likeness (QED) is 0.464. The van der Waals surface area contributed by atoms with Gasteiger partial charge in [-0.05, 0) is 19.4 Å². The maximum Gasteiger partial charge on any atom is 0.337 e. The van der Waals surface area contributed by atoms with E-state index in [9.17, 15) is 9.59 Å². The maximum atomic E-state index is 11.6. The van der Waals surface area contributed by atoms with E-state index in [1.807, 2.05) is 30.3 Å². The zero-order chi connectivity index (χ0) is 14.1. The molecule has 4 heteroatoms. The summed E-state index contributed by atoms with van der Waals surface area (Å²) in [6.07, 6.45) is 3.91. The van der Waals surface area contributed by atoms with Crippen LogP contribution >= 0.6 is 0 Å². The minimum absolute atomic E-state index is 0.188. The molecule has 0 aliphatic heterocycles. The van der Waals surface area contributed by atoms with Crippen LogP contribution in [0, 0.1) is 0 Å². The van der Waals surface area contributed by atoms with Crippen molar-refractivity contribution >= 4 is 11.9 Å². The Balaban J connectivity index is 2.44. The van der Waals surface area contributed by atoms with Gasteiger partial charge in [-0.15, -0.1) is 0 Å². The number of hydrogen-bond acceptors (Lipinski definition) is 4. The van der Waals surface area contributed by atoms with E-state index in [1.54, 1.807) is 13.0 Å². The van der Waals surface area contributed by atoms with Crippen molar-refractivity contribution in [2.75, 3.05) is 0 Å². The molecule has 0 N–H and O–H groups in total. The third kappa shape index (κ3) is 5.68. The lowest BCUT2D eigenvalue weighted by atomic mass is 10.2. The highest BCUT2D eigenvalue weighted by atomic mass is 16.5. The Morgan fingerprint density at radius 3 is 2.53 bits per heavy atom. The summed E-state index contributed by atoms with van der Waals surface area (Å²) in [6, 6.07) is 9.34. The molecule has 0 unspecified atom stereocenters. The first-order chi connectivity index (χ1) is 9.13. The van der Waals surface area contributed by atoms with Gasteiger partial charge >= 0.3 is 11.9 Å². The van der Waals surface area contributed by atoms with E-state index in [0.29, 0.717) is 0 Å². The van der Waals surface area contributed by atoms with Crippen LogP contribution in [0.4, 0.5) is 0 Å². The highest BCUT2D eigenvalue weighted by molar-refractivity contribution is 5.88. The molecule has 0 amide bonds. The van der Waals surface area contributed by atoms with Crippen molar-refractivity contribution in [2.24, 2.45) is 0 Å².